The van der Waals surface area contributed by atoms with Crippen LogP contribution in [0.25, 0.3) is 0 Å². The van der Waals surface area contributed by atoms with Gasteiger partial charge in [0.1, 0.15) is 0 Å². The fourth-order valence-corrected chi connectivity index (χ4v) is 3.66. The van der Waals surface area contributed by atoms with Gasteiger partial charge in [-0.2, -0.15) is 0 Å². The average molecular weight is 365 g/mol. The van der Waals surface area contributed by atoms with Crippen molar-refractivity contribution in [1.29, 1.82) is 0 Å². The zero-order valence-corrected chi connectivity index (χ0v) is 15.7. The normalized spacial score (nSPS) is 19.9. The van der Waals surface area contributed by atoms with Crippen LogP contribution in [0.15, 0.2) is 29.2 Å². The molecule has 1 aromatic carbocycles. The number of hydrogen-bond donors (Lipinski definition) is 2. The van der Waals surface area contributed by atoms with Crippen LogP contribution in [0.4, 0.5) is 0 Å². The standard InChI is InChI=1S/C18H27N3O3S/c1-18(12-19)7-9-21(13-18)17(23)14-5-3-4-6-15(14)25-11-16(22)20-8-10-24-2/h3-6H,7-13,19H2,1-2H3,(H,20,22). The van der Waals surface area contributed by atoms with E-state index in [1.807, 2.05) is 29.2 Å². The summed E-state index contributed by atoms with van der Waals surface area (Å²) in [5.74, 6) is 0.218. The number of ether oxygens (including phenoxy) is 1. The van der Waals surface area contributed by atoms with Crippen LogP contribution in [0.5, 0.6) is 0 Å². The Hall–Kier alpha value is -1.57. The van der Waals surface area contributed by atoms with Gasteiger partial charge in [0.05, 0.1) is 17.9 Å². The van der Waals surface area contributed by atoms with E-state index < -0.39 is 0 Å². The number of nitrogens with two attached hydrogens (primary N) is 1. The van der Waals surface area contributed by atoms with Gasteiger partial charge in [0.25, 0.3) is 5.91 Å². The Bertz CT molecular complexity index is 611. The second-order valence-electron chi connectivity index (χ2n) is 6.62. The van der Waals surface area contributed by atoms with E-state index in [9.17, 15) is 9.59 Å². The zero-order chi connectivity index (χ0) is 18.3. The van der Waals surface area contributed by atoms with E-state index in [-0.39, 0.29) is 23.0 Å². The Morgan fingerprint density at radius 3 is 2.84 bits per heavy atom. The van der Waals surface area contributed by atoms with E-state index in [0.717, 1.165) is 17.9 Å². The monoisotopic (exact) mass is 365 g/mol. The van der Waals surface area contributed by atoms with Crippen LogP contribution in [-0.4, -0.2) is 62.4 Å². The molecule has 7 heteroatoms. The lowest BCUT2D eigenvalue weighted by atomic mass is 9.90. The number of nitrogens with one attached hydrogen (secondary N) is 1. The molecule has 1 unspecified atom stereocenters. The first-order valence-corrected chi connectivity index (χ1v) is 9.44. The molecule has 1 saturated heterocycles. The maximum atomic E-state index is 12.9. The van der Waals surface area contributed by atoms with Crippen LogP contribution in [0.2, 0.25) is 0 Å². The van der Waals surface area contributed by atoms with Gasteiger partial charge < -0.3 is 20.7 Å². The lowest BCUT2D eigenvalue weighted by Gasteiger charge is -2.23. The molecule has 0 saturated carbocycles. The van der Waals surface area contributed by atoms with Crippen LogP contribution in [0, 0.1) is 5.41 Å². The number of carbonyl (C=O) groups excluding carboxylic acids is 2. The summed E-state index contributed by atoms with van der Waals surface area (Å²) in [6, 6.07) is 7.45. The number of hydrogen-bond acceptors (Lipinski definition) is 5. The number of rotatable bonds is 8. The highest BCUT2D eigenvalue weighted by Crippen LogP contribution is 2.31. The summed E-state index contributed by atoms with van der Waals surface area (Å²) in [4.78, 5) is 27.4. The fourth-order valence-electron chi connectivity index (χ4n) is 2.79. The SMILES string of the molecule is COCCNC(=O)CSc1ccccc1C(=O)N1CCC(C)(CN)C1. The Morgan fingerprint density at radius 2 is 2.16 bits per heavy atom. The summed E-state index contributed by atoms with van der Waals surface area (Å²) >= 11 is 1.38. The summed E-state index contributed by atoms with van der Waals surface area (Å²) in [5.41, 5.74) is 6.48. The molecule has 25 heavy (non-hydrogen) atoms. The van der Waals surface area contributed by atoms with Gasteiger partial charge in [0.2, 0.25) is 5.91 Å². The highest BCUT2D eigenvalue weighted by molar-refractivity contribution is 8.00. The first kappa shape index (κ1) is 19.8. The van der Waals surface area contributed by atoms with Crippen molar-refractivity contribution in [3.63, 3.8) is 0 Å². The number of benzene rings is 1. The molecule has 3 N–H and O–H groups in total. The molecule has 2 amide bonds. The van der Waals surface area contributed by atoms with E-state index in [2.05, 4.69) is 12.2 Å². The Kier molecular flexibility index (Phi) is 7.28. The molecular weight excluding hydrogens is 338 g/mol. The van der Waals surface area contributed by atoms with Crippen molar-refractivity contribution in [1.82, 2.24) is 10.2 Å². The highest BCUT2D eigenvalue weighted by atomic mass is 32.2. The number of thioether (sulfide) groups is 1. The van der Waals surface area contributed by atoms with Crippen molar-refractivity contribution in [2.24, 2.45) is 11.1 Å². The molecule has 6 nitrogen and oxygen atoms in total. The highest BCUT2D eigenvalue weighted by Gasteiger charge is 2.35. The quantitative estimate of drug-likeness (QED) is 0.537. The van der Waals surface area contributed by atoms with Crippen molar-refractivity contribution in [2.75, 3.05) is 45.6 Å². The van der Waals surface area contributed by atoms with Gasteiger partial charge in [-0.05, 0) is 30.5 Å². The third kappa shape index (κ3) is 5.45. The number of nitrogens with zero attached hydrogens (tertiary/aromatic N) is 1. The molecule has 0 aliphatic carbocycles. The molecule has 1 fully saturated rings. The van der Waals surface area contributed by atoms with E-state index in [1.54, 1.807) is 7.11 Å². The fraction of sp³-hybridized carbons (Fsp3) is 0.556. The second-order valence-corrected chi connectivity index (χ2v) is 7.64. The topological polar surface area (TPSA) is 84.7 Å². The molecule has 1 aliphatic heterocycles. The van der Waals surface area contributed by atoms with Crippen molar-refractivity contribution in [2.45, 2.75) is 18.2 Å². The molecule has 0 bridgehead atoms. The molecule has 1 heterocycles. The van der Waals surface area contributed by atoms with Crippen molar-refractivity contribution >= 4 is 23.6 Å². The molecule has 0 spiro atoms. The van der Waals surface area contributed by atoms with Gasteiger partial charge in [-0.15, -0.1) is 11.8 Å². The van der Waals surface area contributed by atoms with Crippen LogP contribution in [0.3, 0.4) is 0 Å². The van der Waals surface area contributed by atoms with Crippen molar-refractivity contribution in [3.05, 3.63) is 29.8 Å². The average Bonchev–Trinajstić information content (AvgIpc) is 3.03. The van der Waals surface area contributed by atoms with Gasteiger partial charge in [-0.1, -0.05) is 19.1 Å². The maximum Gasteiger partial charge on any atom is 0.255 e. The second kappa shape index (κ2) is 9.22. The Labute approximate surface area is 153 Å². The van der Waals surface area contributed by atoms with Crippen LogP contribution in [-0.2, 0) is 9.53 Å². The van der Waals surface area contributed by atoms with Crippen LogP contribution in [0.1, 0.15) is 23.7 Å². The number of likely N-dealkylation sites (tertiary alicyclic amines) is 1. The Balaban J connectivity index is 1.98. The molecule has 0 radical (unpaired) electrons. The lowest BCUT2D eigenvalue weighted by Crippen LogP contribution is -2.34. The van der Waals surface area contributed by atoms with Gasteiger partial charge in [0, 0.05) is 31.6 Å². The van der Waals surface area contributed by atoms with Gasteiger partial charge in [0.15, 0.2) is 0 Å². The predicted octanol–water partition coefficient (Wildman–Crippen LogP) is 1.35. The number of amides is 2. The molecule has 138 valence electrons. The van der Waals surface area contributed by atoms with E-state index in [4.69, 9.17) is 10.5 Å². The third-order valence-electron chi connectivity index (χ3n) is 4.44. The lowest BCUT2D eigenvalue weighted by molar-refractivity contribution is -0.118. The summed E-state index contributed by atoms with van der Waals surface area (Å²) in [6.07, 6.45) is 0.923. The smallest absolute Gasteiger partial charge is 0.255 e. The minimum atomic E-state index is -0.0684. The summed E-state index contributed by atoms with van der Waals surface area (Å²) in [6.45, 7) is 5.07. The van der Waals surface area contributed by atoms with Crippen molar-refractivity contribution < 1.29 is 14.3 Å². The van der Waals surface area contributed by atoms with Crippen LogP contribution >= 0.6 is 11.8 Å². The van der Waals surface area contributed by atoms with Gasteiger partial charge >= 0.3 is 0 Å². The van der Waals surface area contributed by atoms with Gasteiger partial charge in [-0.25, -0.2) is 0 Å². The number of methoxy groups -OCH3 is 1. The summed E-state index contributed by atoms with van der Waals surface area (Å²) < 4.78 is 4.91. The Morgan fingerprint density at radius 1 is 1.40 bits per heavy atom. The van der Waals surface area contributed by atoms with E-state index in [1.165, 1.54) is 11.8 Å². The van der Waals surface area contributed by atoms with E-state index >= 15 is 0 Å². The largest absolute Gasteiger partial charge is 0.383 e. The zero-order valence-electron chi connectivity index (χ0n) is 14.9. The molecule has 0 aromatic heterocycles. The molecule has 1 aliphatic rings. The first-order chi connectivity index (χ1) is 12.0. The minimum absolute atomic E-state index is 0.00101. The summed E-state index contributed by atoms with van der Waals surface area (Å²) in [5, 5.41) is 2.78. The minimum Gasteiger partial charge on any atom is -0.383 e. The summed E-state index contributed by atoms with van der Waals surface area (Å²) in [7, 11) is 1.59. The van der Waals surface area contributed by atoms with Crippen LogP contribution < -0.4 is 11.1 Å². The van der Waals surface area contributed by atoms with E-state index in [0.29, 0.717) is 31.8 Å². The predicted molar refractivity (Wildman–Crippen MR) is 99.7 cm³/mol. The molecule has 1 aromatic rings. The number of carbonyl (C=O) groups is 2. The molecule has 2 rings (SSSR count). The first-order valence-electron chi connectivity index (χ1n) is 8.46. The van der Waals surface area contributed by atoms with Gasteiger partial charge in [-0.3, -0.25) is 9.59 Å². The molecule has 1 atom stereocenters. The third-order valence-corrected chi connectivity index (χ3v) is 5.52. The molecular formula is C18H27N3O3S. The maximum absolute atomic E-state index is 12.9. The van der Waals surface area contributed by atoms with Crippen molar-refractivity contribution in [3.8, 4) is 0 Å².